The van der Waals surface area contributed by atoms with Crippen LogP contribution >= 0.6 is 11.6 Å². The van der Waals surface area contributed by atoms with Crippen LogP contribution in [-0.2, 0) is 6.54 Å². The van der Waals surface area contributed by atoms with E-state index in [9.17, 15) is 0 Å². The van der Waals surface area contributed by atoms with Crippen LogP contribution in [0.15, 0.2) is 24.5 Å². The Balaban J connectivity index is 1.83. The summed E-state index contributed by atoms with van der Waals surface area (Å²) < 4.78 is 2.08. The first-order chi connectivity index (χ1) is 8.84. The molecule has 0 unspecified atom stereocenters. The van der Waals surface area contributed by atoms with Gasteiger partial charge in [-0.15, -0.1) is 0 Å². The van der Waals surface area contributed by atoms with Gasteiger partial charge in [0.2, 0.25) is 0 Å². The summed E-state index contributed by atoms with van der Waals surface area (Å²) in [6.07, 6.45) is 5.16. The van der Waals surface area contributed by atoms with Crippen LogP contribution in [0.3, 0.4) is 0 Å². The third kappa shape index (κ3) is 2.36. The molecule has 1 saturated heterocycles. The second-order valence-corrected chi connectivity index (χ2v) is 5.09. The number of aromatic nitrogens is 2. The van der Waals surface area contributed by atoms with Crippen LogP contribution in [0.25, 0.3) is 5.65 Å². The molecule has 0 aromatic carbocycles. The highest BCUT2D eigenvalue weighted by molar-refractivity contribution is 6.33. The number of halogens is 1. The van der Waals surface area contributed by atoms with Crippen molar-refractivity contribution in [3.63, 3.8) is 0 Å². The number of rotatable bonds is 2. The molecule has 0 atom stereocenters. The van der Waals surface area contributed by atoms with Gasteiger partial charge in [-0.25, -0.2) is 4.98 Å². The van der Waals surface area contributed by atoms with Crippen LogP contribution in [0.4, 0.5) is 0 Å². The van der Waals surface area contributed by atoms with Crippen LogP contribution in [0.2, 0.25) is 5.02 Å². The molecule has 2 aromatic heterocycles. The second-order valence-electron chi connectivity index (χ2n) is 4.68. The first kappa shape index (κ1) is 12.0. The van der Waals surface area contributed by atoms with E-state index in [0.717, 1.165) is 38.4 Å². The van der Waals surface area contributed by atoms with Crippen LogP contribution in [0.5, 0.6) is 0 Å². The lowest BCUT2D eigenvalue weighted by atomic mass is 10.3. The number of fused-ring (bicyclic) bond motifs is 1. The number of hydrogen-bond donors (Lipinski definition) is 1. The average Bonchev–Trinajstić information content (AvgIpc) is 2.61. The van der Waals surface area contributed by atoms with Gasteiger partial charge in [0.15, 0.2) is 5.65 Å². The van der Waals surface area contributed by atoms with Crippen molar-refractivity contribution < 1.29 is 0 Å². The summed E-state index contributed by atoms with van der Waals surface area (Å²) in [4.78, 5) is 6.86. The topological polar surface area (TPSA) is 32.6 Å². The van der Waals surface area contributed by atoms with Crippen LogP contribution < -0.4 is 5.32 Å². The highest BCUT2D eigenvalue weighted by atomic mass is 35.5. The molecule has 1 N–H and O–H groups in total. The fourth-order valence-electron chi connectivity index (χ4n) is 2.43. The zero-order chi connectivity index (χ0) is 12.4. The fraction of sp³-hybridized carbons (Fsp3) is 0.462. The molecule has 4 nitrogen and oxygen atoms in total. The van der Waals surface area contributed by atoms with Crippen molar-refractivity contribution in [2.45, 2.75) is 13.0 Å². The number of nitrogens with one attached hydrogen (secondary N) is 1. The molecule has 1 aliphatic heterocycles. The number of pyridine rings is 1. The molecule has 3 heterocycles. The van der Waals surface area contributed by atoms with Gasteiger partial charge in [-0.3, -0.25) is 4.90 Å². The molecule has 0 saturated carbocycles. The van der Waals surface area contributed by atoms with E-state index in [1.807, 2.05) is 24.5 Å². The minimum Gasteiger partial charge on any atom is -0.315 e. The molecule has 0 amide bonds. The van der Waals surface area contributed by atoms with Gasteiger partial charge >= 0.3 is 0 Å². The molecule has 3 rings (SSSR count). The maximum atomic E-state index is 6.13. The first-order valence-electron chi connectivity index (χ1n) is 6.38. The lowest BCUT2D eigenvalue weighted by molar-refractivity contribution is 0.280. The molecule has 1 fully saturated rings. The van der Waals surface area contributed by atoms with Gasteiger partial charge in [-0.2, -0.15) is 0 Å². The normalized spacial score (nSPS) is 18.1. The second kappa shape index (κ2) is 5.26. The molecule has 0 aliphatic carbocycles. The van der Waals surface area contributed by atoms with Crippen LogP contribution in [0.1, 0.15) is 12.1 Å². The van der Waals surface area contributed by atoms with E-state index >= 15 is 0 Å². The molecule has 1 aliphatic rings. The van der Waals surface area contributed by atoms with Gasteiger partial charge in [0.25, 0.3) is 0 Å². The highest BCUT2D eigenvalue weighted by Gasteiger charge is 2.12. The standard InChI is InChI=1S/C13H17ClN4/c14-12-3-1-7-18-11(9-16-13(12)18)10-17-6-2-4-15-5-8-17/h1,3,7,9,15H,2,4-6,8,10H2. The summed E-state index contributed by atoms with van der Waals surface area (Å²) in [5.41, 5.74) is 2.05. The zero-order valence-electron chi connectivity index (χ0n) is 10.3. The van der Waals surface area contributed by atoms with Crippen molar-refractivity contribution in [1.82, 2.24) is 19.6 Å². The maximum Gasteiger partial charge on any atom is 0.155 e. The summed E-state index contributed by atoms with van der Waals surface area (Å²) in [6.45, 7) is 5.35. The summed E-state index contributed by atoms with van der Waals surface area (Å²) in [6, 6.07) is 3.84. The molecular formula is C13H17ClN4. The minimum atomic E-state index is 0.710. The number of nitrogens with zero attached hydrogens (tertiary/aromatic N) is 3. The largest absolute Gasteiger partial charge is 0.315 e. The van der Waals surface area contributed by atoms with Crippen molar-refractivity contribution in [2.75, 3.05) is 26.2 Å². The summed E-state index contributed by atoms with van der Waals surface area (Å²) in [5.74, 6) is 0. The quantitative estimate of drug-likeness (QED) is 0.898. The lowest BCUT2D eigenvalue weighted by Gasteiger charge is -2.18. The maximum absolute atomic E-state index is 6.13. The van der Waals surface area contributed by atoms with Crippen LogP contribution in [0, 0.1) is 0 Å². The number of hydrogen-bond acceptors (Lipinski definition) is 3. The van der Waals surface area contributed by atoms with Gasteiger partial charge in [0, 0.05) is 25.8 Å². The van der Waals surface area contributed by atoms with Gasteiger partial charge in [-0.05, 0) is 31.6 Å². The van der Waals surface area contributed by atoms with Crippen LogP contribution in [-0.4, -0.2) is 40.5 Å². The Labute approximate surface area is 112 Å². The molecule has 96 valence electrons. The van der Waals surface area contributed by atoms with Gasteiger partial charge in [-0.1, -0.05) is 11.6 Å². The molecular weight excluding hydrogens is 248 g/mol. The minimum absolute atomic E-state index is 0.710. The Morgan fingerprint density at radius 2 is 2.28 bits per heavy atom. The van der Waals surface area contributed by atoms with E-state index in [1.165, 1.54) is 12.1 Å². The zero-order valence-corrected chi connectivity index (χ0v) is 11.0. The molecule has 5 heteroatoms. The smallest absolute Gasteiger partial charge is 0.155 e. The van der Waals surface area contributed by atoms with Gasteiger partial charge in [0.05, 0.1) is 16.9 Å². The lowest BCUT2D eigenvalue weighted by Crippen LogP contribution is -2.28. The Morgan fingerprint density at radius 1 is 1.33 bits per heavy atom. The van der Waals surface area contributed by atoms with Crippen molar-refractivity contribution in [3.05, 3.63) is 35.2 Å². The van der Waals surface area contributed by atoms with E-state index in [0.29, 0.717) is 5.02 Å². The van der Waals surface area contributed by atoms with E-state index in [2.05, 4.69) is 19.6 Å². The summed E-state index contributed by atoms with van der Waals surface area (Å²) in [5, 5.41) is 4.13. The predicted octanol–water partition coefficient (Wildman–Crippen LogP) is 1.78. The van der Waals surface area contributed by atoms with E-state index < -0.39 is 0 Å². The monoisotopic (exact) mass is 264 g/mol. The van der Waals surface area contributed by atoms with E-state index in [1.54, 1.807) is 0 Å². The average molecular weight is 265 g/mol. The van der Waals surface area contributed by atoms with Crippen molar-refractivity contribution in [3.8, 4) is 0 Å². The number of imidazole rings is 1. The van der Waals surface area contributed by atoms with E-state index in [4.69, 9.17) is 11.6 Å². The van der Waals surface area contributed by atoms with Crippen molar-refractivity contribution in [2.24, 2.45) is 0 Å². The highest BCUT2D eigenvalue weighted by Crippen LogP contribution is 2.17. The van der Waals surface area contributed by atoms with Crippen molar-refractivity contribution in [1.29, 1.82) is 0 Å². The Hall–Kier alpha value is -1.10. The summed E-state index contributed by atoms with van der Waals surface area (Å²) >= 11 is 6.13. The Kier molecular flexibility index (Phi) is 3.50. The third-order valence-corrected chi connectivity index (χ3v) is 3.68. The van der Waals surface area contributed by atoms with E-state index in [-0.39, 0.29) is 0 Å². The molecule has 0 spiro atoms. The van der Waals surface area contributed by atoms with Gasteiger partial charge in [0.1, 0.15) is 0 Å². The molecule has 2 aromatic rings. The predicted molar refractivity (Wildman–Crippen MR) is 73.0 cm³/mol. The summed E-state index contributed by atoms with van der Waals surface area (Å²) in [7, 11) is 0. The Morgan fingerprint density at radius 3 is 3.22 bits per heavy atom. The SMILES string of the molecule is Clc1cccn2c(CN3CCCNCC3)cnc12. The molecule has 0 radical (unpaired) electrons. The third-order valence-electron chi connectivity index (χ3n) is 3.38. The molecule has 0 bridgehead atoms. The first-order valence-corrected chi connectivity index (χ1v) is 6.76. The Bertz CT molecular complexity index is 529. The van der Waals surface area contributed by atoms with Gasteiger partial charge < -0.3 is 9.72 Å². The van der Waals surface area contributed by atoms with Crippen molar-refractivity contribution >= 4 is 17.2 Å². The fourth-order valence-corrected chi connectivity index (χ4v) is 2.65. The molecule has 18 heavy (non-hydrogen) atoms.